The Kier molecular flexibility index (Phi) is 5.46. The lowest BCUT2D eigenvalue weighted by molar-refractivity contribution is -0.0217. The van der Waals surface area contributed by atoms with Gasteiger partial charge in [0, 0.05) is 33.4 Å². The van der Waals surface area contributed by atoms with Crippen LogP contribution in [-0.2, 0) is 9.47 Å². The van der Waals surface area contributed by atoms with Gasteiger partial charge in [-0.2, -0.15) is 0 Å². The van der Waals surface area contributed by atoms with Crippen molar-refractivity contribution in [2.45, 2.75) is 51.2 Å². The number of rotatable bonds is 6. The number of ether oxygens (including phenoxy) is 2. The average Bonchev–Trinajstić information content (AvgIpc) is 2.32. The third kappa shape index (κ3) is 3.69. The fourth-order valence-corrected chi connectivity index (χ4v) is 3.48. The maximum Gasteiger partial charge on any atom is 0.0577 e. The molecule has 0 aromatic heterocycles. The van der Waals surface area contributed by atoms with Gasteiger partial charge in [0.2, 0.25) is 0 Å². The zero-order valence-electron chi connectivity index (χ0n) is 12.2. The molecule has 0 aromatic carbocycles. The number of nitrogens with zero attached hydrogens (tertiary/aromatic N) is 1. The molecule has 0 spiro atoms. The van der Waals surface area contributed by atoms with Gasteiger partial charge in [-0.1, -0.05) is 0 Å². The Labute approximate surface area is 112 Å². The highest BCUT2D eigenvalue weighted by Gasteiger charge is 2.33. The number of hydrogen-bond donors (Lipinski definition) is 0. The summed E-state index contributed by atoms with van der Waals surface area (Å²) in [5, 5.41) is 0. The lowest BCUT2D eigenvalue weighted by Gasteiger charge is -2.43. The van der Waals surface area contributed by atoms with E-state index in [1.54, 1.807) is 7.11 Å². The zero-order chi connectivity index (χ0) is 13.0. The fourth-order valence-electron chi connectivity index (χ4n) is 3.48. The van der Waals surface area contributed by atoms with Crippen molar-refractivity contribution >= 4 is 0 Å². The number of hydrogen-bond acceptors (Lipinski definition) is 3. The van der Waals surface area contributed by atoms with Gasteiger partial charge in [-0.3, -0.25) is 0 Å². The summed E-state index contributed by atoms with van der Waals surface area (Å²) in [5.74, 6) is 1.76. The monoisotopic (exact) mass is 255 g/mol. The third-order valence-corrected chi connectivity index (χ3v) is 4.87. The van der Waals surface area contributed by atoms with Crippen LogP contribution >= 0.6 is 0 Å². The van der Waals surface area contributed by atoms with Crippen LogP contribution < -0.4 is 0 Å². The minimum atomic E-state index is 0.546. The van der Waals surface area contributed by atoms with E-state index in [9.17, 15) is 0 Å². The van der Waals surface area contributed by atoms with E-state index in [2.05, 4.69) is 11.8 Å². The molecule has 0 radical (unpaired) electrons. The van der Waals surface area contributed by atoms with Crippen LogP contribution in [0.2, 0.25) is 0 Å². The van der Waals surface area contributed by atoms with Gasteiger partial charge < -0.3 is 14.4 Å². The second-order valence-corrected chi connectivity index (χ2v) is 6.21. The molecule has 0 bridgehead atoms. The Bertz CT molecular complexity index is 241. The second kappa shape index (κ2) is 6.88. The Morgan fingerprint density at radius 2 is 1.89 bits per heavy atom. The molecule has 1 heterocycles. The Hall–Kier alpha value is -0.120. The molecule has 1 aliphatic heterocycles. The molecule has 1 saturated carbocycles. The van der Waals surface area contributed by atoms with Crippen molar-refractivity contribution in [3.05, 3.63) is 0 Å². The van der Waals surface area contributed by atoms with Crippen molar-refractivity contribution in [3.8, 4) is 0 Å². The number of methoxy groups -OCH3 is 2. The minimum absolute atomic E-state index is 0.546. The van der Waals surface area contributed by atoms with Gasteiger partial charge in [0.05, 0.1) is 6.10 Å². The highest BCUT2D eigenvalue weighted by Crippen LogP contribution is 2.33. The van der Waals surface area contributed by atoms with E-state index in [4.69, 9.17) is 9.47 Å². The first-order valence-corrected chi connectivity index (χ1v) is 7.48. The van der Waals surface area contributed by atoms with E-state index in [-0.39, 0.29) is 0 Å². The average molecular weight is 255 g/mol. The molecule has 1 saturated heterocycles. The molecular weight excluding hydrogens is 226 g/mol. The summed E-state index contributed by atoms with van der Waals surface area (Å²) in [6.07, 6.45) is 7.03. The standard InChI is InChI=1S/C15H29NO2/c1-12-8-13(5-7-17-2)4-6-16(12)11-14-9-15(10-14)18-3/h12-15H,4-11H2,1-3H3/t12-,13-,14-,15-/m1/s1. The maximum absolute atomic E-state index is 5.36. The van der Waals surface area contributed by atoms with Crippen molar-refractivity contribution in [1.82, 2.24) is 4.90 Å². The van der Waals surface area contributed by atoms with Crippen LogP contribution in [0.3, 0.4) is 0 Å². The van der Waals surface area contributed by atoms with E-state index < -0.39 is 0 Å². The summed E-state index contributed by atoms with van der Waals surface area (Å²) in [7, 11) is 3.65. The van der Waals surface area contributed by atoms with Gasteiger partial charge in [-0.05, 0) is 57.4 Å². The number of likely N-dealkylation sites (tertiary alicyclic amines) is 1. The molecular formula is C15H29NO2. The van der Waals surface area contributed by atoms with Gasteiger partial charge in [0.15, 0.2) is 0 Å². The number of piperidine rings is 1. The SMILES string of the molecule is COCC[C@H]1CCN(C[C@H]2C[C@H](OC)C2)[C@H](C)C1. The lowest BCUT2D eigenvalue weighted by atomic mass is 9.80. The predicted octanol–water partition coefficient (Wildman–Crippen LogP) is 2.55. The normalized spacial score (nSPS) is 37.5. The van der Waals surface area contributed by atoms with Crippen molar-refractivity contribution in [2.24, 2.45) is 11.8 Å². The molecule has 0 aromatic rings. The van der Waals surface area contributed by atoms with Crippen molar-refractivity contribution < 1.29 is 9.47 Å². The summed E-state index contributed by atoms with van der Waals surface area (Å²) >= 11 is 0. The highest BCUT2D eigenvalue weighted by atomic mass is 16.5. The largest absolute Gasteiger partial charge is 0.385 e. The summed E-state index contributed by atoms with van der Waals surface area (Å²) in [6.45, 7) is 5.89. The quantitative estimate of drug-likeness (QED) is 0.728. The van der Waals surface area contributed by atoms with E-state index in [0.717, 1.165) is 24.5 Å². The van der Waals surface area contributed by atoms with Gasteiger partial charge in [0.1, 0.15) is 0 Å². The Morgan fingerprint density at radius 1 is 1.11 bits per heavy atom. The van der Waals surface area contributed by atoms with Crippen LogP contribution in [0.25, 0.3) is 0 Å². The molecule has 0 unspecified atom stereocenters. The summed E-state index contributed by atoms with van der Waals surface area (Å²) in [6, 6.07) is 0.752. The molecule has 18 heavy (non-hydrogen) atoms. The van der Waals surface area contributed by atoms with E-state index >= 15 is 0 Å². The fraction of sp³-hybridized carbons (Fsp3) is 1.00. The Balaban J connectivity index is 1.66. The van der Waals surface area contributed by atoms with Gasteiger partial charge in [0.25, 0.3) is 0 Å². The first-order valence-electron chi connectivity index (χ1n) is 7.48. The molecule has 1 aliphatic carbocycles. The van der Waals surface area contributed by atoms with Gasteiger partial charge >= 0.3 is 0 Å². The Morgan fingerprint density at radius 3 is 2.50 bits per heavy atom. The van der Waals surface area contributed by atoms with Crippen LogP contribution in [0.4, 0.5) is 0 Å². The van der Waals surface area contributed by atoms with Crippen LogP contribution in [0.5, 0.6) is 0 Å². The molecule has 106 valence electrons. The van der Waals surface area contributed by atoms with Gasteiger partial charge in [-0.25, -0.2) is 0 Å². The van der Waals surface area contributed by atoms with E-state index in [1.807, 2.05) is 7.11 Å². The molecule has 0 N–H and O–H groups in total. The van der Waals surface area contributed by atoms with Crippen LogP contribution in [0.1, 0.15) is 39.0 Å². The second-order valence-electron chi connectivity index (χ2n) is 6.21. The molecule has 0 amide bonds. The zero-order valence-corrected chi connectivity index (χ0v) is 12.2. The maximum atomic E-state index is 5.36. The van der Waals surface area contributed by atoms with Crippen molar-refractivity contribution in [2.75, 3.05) is 33.9 Å². The molecule has 2 fully saturated rings. The van der Waals surface area contributed by atoms with E-state index in [1.165, 1.54) is 45.2 Å². The smallest absolute Gasteiger partial charge is 0.0577 e. The molecule has 2 atom stereocenters. The van der Waals surface area contributed by atoms with Crippen LogP contribution in [0.15, 0.2) is 0 Å². The molecule has 2 rings (SSSR count). The first-order chi connectivity index (χ1) is 8.72. The summed E-state index contributed by atoms with van der Waals surface area (Å²) < 4.78 is 10.6. The van der Waals surface area contributed by atoms with Gasteiger partial charge in [-0.15, -0.1) is 0 Å². The van der Waals surface area contributed by atoms with Crippen LogP contribution in [0, 0.1) is 11.8 Å². The minimum Gasteiger partial charge on any atom is -0.385 e. The van der Waals surface area contributed by atoms with E-state index in [0.29, 0.717) is 6.10 Å². The summed E-state index contributed by atoms with van der Waals surface area (Å²) in [4.78, 5) is 2.69. The lowest BCUT2D eigenvalue weighted by Crippen LogP contribution is -2.46. The van der Waals surface area contributed by atoms with Crippen molar-refractivity contribution in [1.29, 1.82) is 0 Å². The van der Waals surface area contributed by atoms with Crippen LogP contribution in [-0.4, -0.2) is 51.0 Å². The van der Waals surface area contributed by atoms with Crippen molar-refractivity contribution in [3.63, 3.8) is 0 Å². The molecule has 3 heteroatoms. The predicted molar refractivity (Wildman–Crippen MR) is 73.8 cm³/mol. The molecule has 3 nitrogen and oxygen atoms in total. The first kappa shape index (κ1) is 14.3. The third-order valence-electron chi connectivity index (χ3n) is 4.87. The molecule has 2 aliphatic rings. The summed E-state index contributed by atoms with van der Waals surface area (Å²) in [5.41, 5.74) is 0. The topological polar surface area (TPSA) is 21.7 Å². The highest BCUT2D eigenvalue weighted by molar-refractivity contribution is 4.86.